The van der Waals surface area contributed by atoms with Crippen LogP contribution in [0, 0.1) is 0 Å². The molecule has 1 aliphatic rings. The summed E-state index contributed by atoms with van der Waals surface area (Å²) in [6.45, 7) is 3.84. The summed E-state index contributed by atoms with van der Waals surface area (Å²) >= 11 is 7.91. The first kappa shape index (κ1) is 19.9. The van der Waals surface area contributed by atoms with E-state index in [4.69, 9.17) is 9.84 Å². The van der Waals surface area contributed by atoms with Crippen molar-refractivity contribution in [2.24, 2.45) is 10.2 Å². The minimum absolute atomic E-state index is 0.0163. The number of benzene rings is 1. The molecule has 1 heterocycles. The lowest BCUT2D eigenvalue weighted by Gasteiger charge is -2.14. The molecule has 0 aromatic heterocycles. The smallest absolute Gasteiger partial charge is 0.305 e. The van der Waals surface area contributed by atoms with Gasteiger partial charge in [-0.05, 0) is 41.9 Å². The lowest BCUT2D eigenvalue weighted by Crippen LogP contribution is -2.26. The largest absolute Gasteiger partial charge is 0.489 e. The number of carboxylic acid groups (broad SMARTS) is 1. The molecule has 2 N–H and O–H groups in total. The summed E-state index contributed by atoms with van der Waals surface area (Å²) in [5.41, 5.74) is 0.704. The van der Waals surface area contributed by atoms with Crippen LogP contribution in [0.1, 0.15) is 25.8 Å². The number of amides is 1. The number of hydrogen-bond donors (Lipinski definition) is 2. The van der Waals surface area contributed by atoms with Crippen molar-refractivity contribution in [2.75, 3.05) is 0 Å². The fraction of sp³-hybridized carbons (Fsp3) is 0.333. The van der Waals surface area contributed by atoms with Crippen LogP contribution < -0.4 is 10.1 Å². The number of carbonyl (C=O) groups is 2. The number of carboxylic acids is 1. The molecule has 1 aliphatic heterocycles. The van der Waals surface area contributed by atoms with E-state index in [1.807, 2.05) is 26.0 Å². The van der Waals surface area contributed by atoms with Crippen molar-refractivity contribution in [1.82, 2.24) is 5.32 Å². The normalized spacial score (nSPS) is 19.0. The van der Waals surface area contributed by atoms with E-state index in [9.17, 15) is 9.59 Å². The second kappa shape index (κ2) is 8.81. The van der Waals surface area contributed by atoms with Gasteiger partial charge in [0.25, 0.3) is 0 Å². The summed E-state index contributed by atoms with van der Waals surface area (Å²) in [4.78, 5) is 22.4. The number of thioether (sulfide) groups is 1. The molecular formula is C15H15Br2N3O4S. The highest BCUT2D eigenvalue weighted by Crippen LogP contribution is 2.33. The van der Waals surface area contributed by atoms with E-state index in [0.29, 0.717) is 11.3 Å². The maximum atomic E-state index is 11.7. The number of rotatable bonds is 6. The van der Waals surface area contributed by atoms with Crippen LogP contribution in [0.4, 0.5) is 0 Å². The zero-order valence-corrected chi connectivity index (χ0v) is 17.3. The van der Waals surface area contributed by atoms with E-state index in [0.717, 1.165) is 20.7 Å². The SMILES string of the molecule is CC(C)Oc1c(Br)cc(Br)cc1C=NN=C1NC(=O)C(CC(=O)O)S1. The number of hydrogen-bond acceptors (Lipinski definition) is 6. The molecule has 0 spiro atoms. The Hall–Kier alpha value is -1.39. The van der Waals surface area contributed by atoms with Gasteiger partial charge in [-0.15, -0.1) is 5.10 Å². The molecule has 0 saturated carbocycles. The van der Waals surface area contributed by atoms with Crippen molar-refractivity contribution in [3.63, 3.8) is 0 Å². The molecule has 0 radical (unpaired) electrons. The van der Waals surface area contributed by atoms with E-state index in [2.05, 4.69) is 47.4 Å². The van der Waals surface area contributed by atoms with Crippen molar-refractivity contribution in [1.29, 1.82) is 0 Å². The molecule has 0 aliphatic carbocycles. The molecule has 1 saturated heterocycles. The zero-order chi connectivity index (χ0) is 18.6. The maximum Gasteiger partial charge on any atom is 0.305 e. The predicted octanol–water partition coefficient (Wildman–Crippen LogP) is 3.40. The number of ether oxygens (including phenoxy) is 1. The Balaban J connectivity index is 2.17. The van der Waals surface area contributed by atoms with Crippen LogP contribution in [0.15, 0.2) is 31.3 Å². The number of nitrogens with zero attached hydrogens (tertiary/aromatic N) is 2. The third-order valence-electron chi connectivity index (χ3n) is 2.87. The quantitative estimate of drug-likeness (QED) is 0.468. The number of nitrogens with one attached hydrogen (secondary N) is 1. The molecule has 25 heavy (non-hydrogen) atoms. The fourth-order valence-electron chi connectivity index (χ4n) is 1.92. The second-order valence-corrected chi connectivity index (χ2v) is 8.28. The Kier molecular flexibility index (Phi) is 7.03. The topological polar surface area (TPSA) is 100 Å². The highest BCUT2D eigenvalue weighted by atomic mass is 79.9. The van der Waals surface area contributed by atoms with Crippen molar-refractivity contribution in [3.8, 4) is 5.75 Å². The lowest BCUT2D eigenvalue weighted by atomic mass is 10.2. The molecule has 1 unspecified atom stereocenters. The molecule has 1 atom stereocenters. The molecule has 1 aromatic rings. The first-order valence-electron chi connectivity index (χ1n) is 7.22. The van der Waals surface area contributed by atoms with Crippen molar-refractivity contribution in [2.45, 2.75) is 31.6 Å². The third kappa shape index (κ3) is 5.82. The second-order valence-electron chi connectivity index (χ2n) is 5.32. The summed E-state index contributed by atoms with van der Waals surface area (Å²) in [6, 6.07) is 3.70. The minimum Gasteiger partial charge on any atom is -0.489 e. The molecule has 1 amide bonds. The molecule has 0 bridgehead atoms. The van der Waals surface area contributed by atoms with E-state index in [1.165, 1.54) is 6.21 Å². The van der Waals surface area contributed by atoms with Crippen LogP contribution in [0.5, 0.6) is 5.75 Å². The van der Waals surface area contributed by atoms with Crippen LogP contribution in [-0.2, 0) is 9.59 Å². The first-order chi connectivity index (χ1) is 11.8. The van der Waals surface area contributed by atoms with Gasteiger partial charge in [0, 0.05) is 10.0 Å². The summed E-state index contributed by atoms with van der Waals surface area (Å²) < 4.78 is 7.40. The van der Waals surface area contributed by atoms with Crippen molar-refractivity contribution in [3.05, 3.63) is 26.6 Å². The first-order valence-corrected chi connectivity index (χ1v) is 9.69. The van der Waals surface area contributed by atoms with Crippen LogP contribution in [0.25, 0.3) is 0 Å². The average Bonchev–Trinajstić information content (AvgIpc) is 2.81. The van der Waals surface area contributed by atoms with Gasteiger partial charge in [0.05, 0.1) is 23.2 Å². The summed E-state index contributed by atoms with van der Waals surface area (Å²) in [5, 5.41) is 18.8. The van der Waals surface area contributed by atoms with Gasteiger partial charge in [-0.25, -0.2) is 0 Å². The van der Waals surface area contributed by atoms with Gasteiger partial charge in [-0.1, -0.05) is 27.7 Å². The molecule has 134 valence electrons. The summed E-state index contributed by atoms with van der Waals surface area (Å²) in [7, 11) is 0. The summed E-state index contributed by atoms with van der Waals surface area (Å²) in [5.74, 6) is -0.781. The van der Waals surface area contributed by atoms with E-state index in [-0.39, 0.29) is 23.6 Å². The van der Waals surface area contributed by atoms with E-state index < -0.39 is 11.2 Å². The minimum atomic E-state index is -1.04. The van der Waals surface area contributed by atoms with Gasteiger partial charge in [-0.3, -0.25) is 9.59 Å². The van der Waals surface area contributed by atoms with Gasteiger partial charge in [0.1, 0.15) is 11.0 Å². The molecule has 1 fully saturated rings. The van der Waals surface area contributed by atoms with Gasteiger partial charge in [0.2, 0.25) is 5.91 Å². The monoisotopic (exact) mass is 491 g/mol. The maximum absolute atomic E-state index is 11.7. The molecule has 7 nitrogen and oxygen atoms in total. The lowest BCUT2D eigenvalue weighted by molar-refractivity contribution is -0.138. The Morgan fingerprint density at radius 1 is 1.48 bits per heavy atom. The molecular weight excluding hydrogens is 478 g/mol. The van der Waals surface area contributed by atoms with Crippen molar-refractivity contribution >= 4 is 66.9 Å². The van der Waals surface area contributed by atoms with Crippen LogP contribution in [0.2, 0.25) is 0 Å². The molecule has 2 rings (SSSR count). The third-order valence-corrected chi connectivity index (χ3v) is 4.99. The van der Waals surface area contributed by atoms with Gasteiger partial charge in [-0.2, -0.15) is 5.10 Å². The van der Waals surface area contributed by atoms with Crippen LogP contribution in [0.3, 0.4) is 0 Å². The van der Waals surface area contributed by atoms with Crippen molar-refractivity contribution < 1.29 is 19.4 Å². The van der Waals surface area contributed by atoms with Gasteiger partial charge >= 0.3 is 5.97 Å². The Morgan fingerprint density at radius 3 is 2.84 bits per heavy atom. The summed E-state index contributed by atoms with van der Waals surface area (Å²) in [6.07, 6.45) is 1.24. The standard InChI is InChI=1S/C15H15Br2N3O4S/c1-7(2)24-13-8(3-9(16)4-10(13)17)6-18-20-15-19-14(23)11(25-15)5-12(21)22/h3-4,6-7,11H,5H2,1-2H3,(H,21,22)(H,19,20,23). The van der Waals surface area contributed by atoms with E-state index in [1.54, 1.807) is 0 Å². The molecule has 1 aromatic carbocycles. The number of carbonyl (C=O) groups excluding carboxylic acids is 1. The Labute approximate surface area is 165 Å². The number of amidine groups is 1. The van der Waals surface area contributed by atoms with Gasteiger partial charge in [0.15, 0.2) is 5.17 Å². The highest BCUT2D eigenvalue weighted by molar-refractivity contribution is 9.11. The average molecular weight is 493 g/mol. The van der Waals surface area contributed by atoms with E-state index >= 15 is 0 Å². The zero-order valence-electron chi connectivity index (χ0n) is 13.3. The van der Waals surface area contributed by atoms with Gasteiger partial charge < -0.3 is 15.2 Å². The van der Waals surface area contributed by atoms with Crippen LogP contribution in [-0.4, -0.2) is 39.7 Å². The van der Waals surface area contributed by atoms with Crippen LogP contribution >= 0.6 is 43.6 Å². The molecule has 10 heteroatoms. The predicted molar refractivity (Wildman–Crippen MR) is 104 cm³/mol. The fourth-order valence-corrected chi connectivity index (χ4v) is 4.19. The number of aliphatic carboxylic acids is 1. The Morgan fingerprint density at radius 2 is 2.20 bits per heavy atom. The number of halogens is 2. The highest BCUT2D eigenvalue weighted by Gasteiger charge is 2.32. The Bertz CT molecular complexity index is 753.